The fraction of sp³-hybridized carbons (Fsp3) is 0.462. The standard InChI is InChI=1S/C13H18O2S/c1-4-16-9-13(14)11-6-5-7-12(8-11)15-10(2)3/h5-8,10H,4,9H2,1-3H3. The van der Waals surface area contributed by atoms with E-state index in [1.165, 1.54) is 0 Å². The Morgan fingerprint density at radius 3 is 2.81 bits per heavy atom. The third-order valence-corrected chi connectivity index (χ3v) is 2.84. The fourth-order valence-corrected chi connectivity index (χ4v) is 1.85. The van der Waals surface area contributed by atoms with Gasteiger partial charge in [0.25, 0.3) is 0 Å². The number of benzene rings is 1. The molecule has 0 aliphatic rings. The quantitative estimate of drug-likeness (QED) is 0.710. The van der Waals surface area contributed by atoms with Crippen LogP contribution in [0.15, 0.2) is 24.3 Å². The van der Waals surface area contributed by atoms with Crippen molar-refractivity contribution in [1.82, 2.24) is 0 Å². The highest BCUT2D eigenvalue weighted by atomic mass is 32.2. The fourth-order valence-electron chi connectivity index (χ4n) is 1.29. The van der Waals surface area contributed by atoms with E-state index in [1.807, 2.05) is 38.1 Å². The van der Waals surface area contributed by atoms with Crippen molar-refractivity contribution in [3.63, 3.8) is 0 Å². The van der Waals surface area contributed by atoms with Gasteiger partial charge in [-0.15, -0.1) is 0 Å². The molecule has 88 valence electrons. The number of hydrogen-bond acceptors (Lipinski definition) is 3. The Morgan fingerprint density at radius 2 is 2.19 bits per heavy atom. The maximum Gasteiger partial charge on any atom is 0.172 e. The number of ether oxygens (including phenoxy) is 1. The van der Waals surface area contributed by atoms with Crippen molar-refractivity contribution >= 4 is 17.5 Å². The van der Waals surface area contributed by atoms with E-state index in [2.05, 4.69) is 6.92 Å². The highest BCUT2D eigenvalue weighted by Gasteiger charge is 2.07. The second kappa shape index (κ2) is 6.59. The summed E-state index contributed by atoms with van der Waals surface area (Å²) in [5.41, 5.74) is 0.735. The smallest absolute Gasteiger partial charge is 0.172 e. The molecule has 0 saturated carbocycles. The Labute approximate surface area is 101 Å². The lowest BCUT2D eigenvalue weighted by molar-refractivity contribution is 0.102. The molecule has 0 atom stereocenters. The van der Waals surface area contributed by atoms with Gasteiger partial charge in [-0.05, 0) is 31.7 Å². The van der Waals surface area contributed by atoms with Crippen LogP contribution in [0.5, 0.6) is 5.75 Å². The number of Topliss-reactive ketones (excluding diaryl/α,β-unsaturated/α-hetero) is 1. The van der Waals surface area contributed by atoms with Gasteiger partial charge in [-0.1, -0.05) is 19.1 Å². The van der Waals surface area contributed by atoms with E-state index in [-0.39, 0.29) is 11.9 Å². The number of thioether (sulfide) groups is 1. The van der Waals surface area contributed by atoms with Crippen molar-refractivity contribution < 1.29 is 9.53 Å². The molecule has 0 amide bonds. The summed E-state index contributed by atoms with van der Waals surface area (Å²) in [6.45, 7) is 6.00. The first-order valence-corrected chi connectivity index (χ1v) is 6.66. The number of ketones is 1. The molecule has 0 N–H and O–H groups in total. The van der Waals surface area contributed by atoms with Gasteiger partial charge in [0.1, 0.15) is 5.75 Å². The SMILES string of the molecule is CCSCC(=O)c1cccc(OC(C)C)c1. The van der Waals surface area contributed by atoms with Crippen LogP contribution in [0, 0.1) is 0 Å². The maximum absolute atomic E-state index is 11.8. The largest absolute Gasteiger partial charge is 0.491 e. The summed E-state index contributed by atoms with van der Waals surface area (Å²) in [5.74, 6) is 2.44. The number of carbonyl (C=O) groups excluding carboxylic acids is 1. The van der Waals surface area contributed by atoms with Crippen molar-refractivity contribution in [2.24, 2.45) is 0 Å². The molecule has 0 unspecified atom stereocenters. The van der Waals surface area contributed by atoms with Gasteiger partial charge in [0.15, 0.2) is 5.78 Å². The average Bonchev–Trinajstić information content (AvgIpc) is 2.25. The topological polar surface area (TPSA) is 26.3 Å². The van der Waals surface area contributed by atoms with Gasteiger partial charge in [0, 0.05) is 5.56 Å². The Bertz CT molecular complexity index is 348. The van der Waals surface area contributed by atoms with Crippen molar-refractivity contribution in [1.29, 1.82) is 0 Å². The van der Waals surface area contributed by atoms with Crippen LogP contribution in [0.3, 0.4) is 0 Å². The molecule has 0 aliphatic heterocycles. The third-order valence-electron chi connectivity index (χ3n) is 1.97. The molecular formula is C13H18O2S. The highest BCUT2D eigenvalue weighted by Crippen LogP contribution is 2.16. The van der Waals surface area contributed by atoms with E-state index in [0.29, 0.717) is 5.75 Å². The third kappa shape index (κ3) is 4.27. The molecule has 0 heterocycles. The minimum absolute atomic E-state index is 0.135. The molecule has 0 aliphatic carbocycles. The molecule has 0 fully saturated rings. The second-order valence-corrected chi connectivity index (χ2v) is 5.03. The summed E-state index contributed by atoms with van der Waals surface area (Å²) in [6, 6.07) is 7.40. The monoisotopic (exact) mass is 238 g/mol. The second-order valence-electron chi connectivity index (χ2n) is 3.75. The lowest BCUT2D eigenvalue weighted by Gasteiger charge is -2.10. The average molecular weight is 238 g/mol. The van der Waals surface area contributed by atoms with Crippen molar-refractivity contribution in [3.8, 4) is 5.75 Å². The molecule has 0 radical (unpaired) electrons. The van der Waals surface area contributed by atoms with Gasteiger partial charge in [-0.2, -0.15) is 11.8 Å². The van der Waals surface area contributed by atoms with Crippen LogP contribution in [-0.4, -0.2) is 23.4 Å². The van der Waals surface area contributed by atoms with Crippen molar-refractivity contribution in [2.75, 3.05) is 11.5 Å². The normalized spacial score (nSPS) is 10.5. The molecular weight excluding hydrogens is 220 g/mol. The molecule has 1 aromatic rings. The van der Waals surface area contributed by atoms with Gasteiger partial charge < -0.3 is 4.74 Å². The minimum atomic E-state index is 0.135. The summed E-state index contributed by atoms with van der Waals surface area (Å²) in [7, 11) is 0. The molecule has 0 spiro atoms. The van der Waals surface area contributed by atoms with Crippen LogP contribution >= 0.6 is 11.8 Å². The number of hydrogen-bond donors (Lipinski definition) is 0. The van der Waals surface area contributed by atoms with Crippen LogP contribution in [0.1, 0.15) is 31.1 Å². The molecule has 0 bridgehead atoms. The van der Waals surface area contributed by atoms with E-state index in [4.69, 9.17) is 4.74 Å². The lowest BCUT2D eigenvalue weighted by atomic mass is 10.1. The van der Waals surface area contributed by atoms with Crippen LogP contribution in [0.25, 0.3) is 0 Å². The zero-order chi connectivity index (χ0) is 12.0. The summed E-state index contributed by atoms with van der Waals surface area (Å²) < 4.78 is 5.55. The number of rotatable bonds is 6. The minimum Gasteiger partial charge on any atom is -0.491 e. The number of carbonyl (C=O) groups is 1. The zero-order valence-corrected chi connectivity index (χ0v) is 10.8. The highest BCUT2D eigenvalue weighted by molar-refractivity contribution is 7.99. The van der Waals surface area contributed by atoms with E-state index < -0.39 is 0 Å². The first-order chi connectivity index (χ1) is 7.63. The predicted molar refractivity (Wildman–Crippen MR) is 69.5 cm³/mol. The van der Waals surface area contributed by atoms with E-state index in [9.17, 15) is 4.79 Å². The van der Waals surface area contributed by atoms with E-state index in [1.54, 1.807) is 11.8 Å². The van der Waals surface area contributed by atoms with Gasteiger partial charge in [-0.3, -0.25) is 4.79 Å². The summed E-state index contributed by atoms with van der Waals surface area (Å²) in [4.78, 5) is 11.8. The Kier molecular flexibility index (Phi) is 5.39. The molecule has 2 nitrogen and oxygen atoms in total. The maximum atomic E-state index is 11.8. The van der Waals surface area contributed by atoms with Crippen molar-refractivity contribution in [2.45, 2.75) is 26.9 Å². The first-order valence-electron chi connectivity index (χ1n) is 5.51. The Morgan fingerprint density at radius 1 is 1.44 bits per heavy atom. The van der Waals surface area contributed by atoms with E-state index >= 15 is 0 Å². The van der Waals surface area contributed by atoms with Gasteiger partial charge >= 0.3 is 0 Å². The van der Waals surface area contributed by atoms with E-state index in [0.717, 1.165) is 17.1 Å². The first kappa shape index (κ1) is 13.1. The van der Waals surface area contributed by atoms with Crippen molar-refractivity contribution in [3.05, 3.63) is 29.8 Å². The van der Waals surface area contributed by atoms with Crippen LogP contribution < -0.4 is 4.74 Å². The molecule has 1 rings (SSSR count). The zero-order valence-electron chi connectivity index (χ0n) is 10.0. The van der Waals surface area contributed by atoms with Gasteiger partial charge in [0.2, 0.25) is 0 Å². The van der Waals surface area contributed by atoms with Crippen LogP contribution in [0.4, 0.5) is 0 Å². The predicted octanol–water partition coefficient (Wildman–Crippen LogP) is 3.41. The lowest BCUT2D eigenvalue weighted by Crippen LogP contribution is -2.07. The Balaban J connectivity index is 2.69. The van der Waals surface area contributed by atoms with Gasteiger partial charge in [0.05, 0.1) is 11.9 Å². The summed E-state index contributed by atoms with van der Waals surface area (Å²) in [6.07, 6.45) is 0.135. The summed E-state index contributed by atoms with van der Waals surface area (Å²) in [5, 5.41) is 0. The molecule has 1 aromatic carbocycles. The molecule has 16 heavy (non-hydrogen) atoms. The van der Waals surface area contributed by atoms with Crippen LogP contribution in [0.2, 0.25) is 0 Å². The summed E-state index contributed by atoms with van der Waals surface area (Å²) >= 11 is 1.64. The molecule has 3 heteroatoms. The van der Waals surface area contributed by atoms with Gasteiger partial charge in [-0.25, -0.2) is 0 Å². The molecule has 0 aromatic heterocycles. The van der Waals surface area contributed by atoms with Crippen LogP contribution in [-0.2, 0) is 0 Å². The Hall–Kier alpha value is -0.960. The molecule has 0 saturated heterocycles.